The Bertz CT molecular complexity index is 655. The first-order valence-electron chi connectivity index (χ1n) is 5.28. The normalized spacial score (nSPS) is 10.4. The second kappa shape index (κ2) is 6.03. The van der Waals surface area contributed by atoms with Crippen LogP contribution in [0.25, 0.3) is 0 Å². The molecular formula is C12H9BrN2O3S. The third-order valence-corrected chi connectivity index (χ3v) is 4.27. The zero-order valence-electron chi connectivity index (χ0n) is 9.59. The molecule has 0 bridgehead atoms. The molecule has 0 aliphatic rings. The van der Waals surface area contributed by atoms with Crippen molar-refractivity contribution in [3.05, 3.63) is 51.0 Å². The lowest BCUT2D eigenvalue weighted by Gasteiger charge is -2.03. The Kier molecular flexibility index (Phi) is 4.39. The minimum absolute atomic E-state index is 0.00209. The van der Waals surface area contributed by atoms with Crippen molar-refractivity contribution < 1.29 is 9.90 Å². The predicted molar refractivity (Wildman–Crippen MR) is 74.5 cm³/mol. The number of aromatic nitrogens is 2. The van der Waals surface area contributed by atoms with E-state index in [2.05, 4.69) is 25.9 Å². The van der Waals surface area contributed by atoms with Crippen LogP contribution in [0.2, 0.25) is 0 Å². The maximum atomic E-state index is 11.4. The van der Waals surface area contributed by atoms with Crippen LogP contribution in [0.15, 0.2) is 49.8 Å². The molecule has 5 nitrogen and oxygen atoms in total. The van der Waals surface area contributed by atoms with Crippen LogP contribution in [-0.4, -0.2) is 21.0 Å². The average Bonchev–Trinajstić information content (AvgIpc) is 2.37. The number of halogens is 1. The summed E-state index contributed by atoms with van der Waals surface area (Å²) >= 11 is 4.51. The SMILES string of the molecule is O=C(O)Cc1ccc(Sc2nc[nH]c(=O)c2Br)cc1. The van der Waals surface area contributed by atoms with Gasteiger partial charge in [0.1, 0.15) is 9.50 Å². The van der Waals surface area contributed by atoms with Crippen molar-refractivity contribution in [1.82, 2.24) is 9.97 Å². The van der Waals surface area contributed by atoms with Crippen LogP contribution in [0.5, 0.6) is 0 Å². The summed E-state index contributed by atoms with van der Waals surface area (Å²) in [6, 6.07) is 7.10. The standard InChI is InChI=1S/C12H9BrN2O3S/c13-10-11(18)14-6-15-12(10)19-8-3-1-7(2-4-8)5-9(16)17/h1-4,6H,5H2,(H,16,17)(H,14,15,18). The number of hydrogen-bond donors (Lipinski definition) is 2. The summed E-state index contributed by atoms with van der Waals surface area (Å²) in [5.74, 6) is -0.862. The van der Waals surface area contributed by atoms with E-state index in [1.807, 2.05) is 0 Å². The number of nitrogens with one attached hydrogen (secondary N) is 1. The summed E-state index contributed by atoms with van der Waals surface area (Å²) in [4.78, 5) is 29.4. The molecule has 1 aromatic heterocycles. The molecule has 1 heterocycles. The quantitative estimate of drug-likeness (QED) is 0.834. The van der Waals surface area contributed by atoms with E-state index in [4.69, 9.17) is 5.11 Å². The number of aliphatic carboxylic acids is 1. The van der Waals surface area contributed by atoms with Gasteiger partial charge >= 0.3 is 5.97 Å². The third-order valence-electron chi connectivity index (χ3n) is 2.26. The van der Waals surface area contributed by atoms with E-state index >= 15 is 0 Å². The van der Waals surface area contributed by atoms with Gasteiger partial charge in [-0.3, -0.25) is 9.59 Å². The molecule has 2 aromatic rings. The summed E-state index contributed by atoms with van der Waals surface area (Å²) in [6.07, 6.45) is 1.34. The minimum atomic E-state index is -0.862. The second-order valence-electron chi connectivity index (χ2n) is 3.67. The zero-order chi connectivity index (χ0) is 13.8. The van der Waals surface area contributed by atoms with E-state index in [-0.39, 0.29) is 12.0 Å². The Labute approximate surface area is 121 Å². The Hall–Kier alpha value is -1.60. The molecule has 19 heavy (non-hydrogen) atoms. The van der Waals surface area contributed by atoms with E-state index in [9.17, 15) is 9.59 Å². The predicted octanol–water partition coefficient (Wildman–Crippen LogP) is 2.31. The van der Waals surface area contributed by atoms with Crippen LogP contribution in [0.4, 0.5) is 0 Å². The van der Waals surface area contributed by atoms with Crippen molar-refractivity contribution in [3.8, 4) is 0 Å². The fourth-order valence-electron chi connectivity index (χ4n) is 1.40. The van der Waals surface area contributed by atoms with Crippen LogP contribution in [0.3, 0.4) is 0 Å². The fraction of sp³-hybridized carbons (Fsp3) is 0.0833. The Morgan fingerprint density at radius 1 is 1.37 bits per heavy atom. The molecule has 0 atom stereocenters. The summed E-state index contributed by atoms with van der Waals surface area (Å²) < 4.78 is 0.384. The van der Waals surface area contributed by atoms with Crippen LogP contribution >= 0.6 is 27.7 Å². The van der Waals surface area contributed by atoms with Crippen LogP contribution in [0, 0.1) is 0 Å². The Morgan fingerprint density at radius 3 is 2.68 bits per heavy atom. The molecule has 0 spiro atoms. The van der Waals surface area contributed by atoms with Gasteiger partial charge in [0.05, 0.1) is 12.7 Å². The molecule has 0 saturated carbocycles. The Morgan fingerprint density at radius 2 is 2.05 bits per heavy atom. The first-order valence-corrected chi connectivity index (χ1v) is 6.89. The first kappa shape index (κ1) is 13.8. The Balaban J connectivity index is 2.17. The number of benzene rings is 1. The number of carboxylic acid groups (broad SMARTS) is 1. The van der Waals surface area contributed by atoms with Gasteiger partial charge in [-0.15, -0.1) is 0 Å². The van der Waals surface area contributed by atoms with Crippen LogP contribution in [0.1, 0.15) is 5.56 Å². The zero-order valence-corrected chi connectivity index (χ0v) is 12.0. The van der Waals surface area contributed by atoms with E-state index in [1.165, 1.54) is 18.1 Å². The maximum absolute atomic E-state index is 11.4. The topological polar surface area (TPSA) is 83.0 Å². The highest BCUT2D eigenvalue weighted by Crippen LogP contribution is 2.29. The number of rotatable bonds is 4. The first-order chi connectivity index (χ1) is 9.06. The largest absolute Gasteiger partial charge is 0.481 e. The molecule has 0 radical (unpaired) electrons. The number of nitrogens with zero attached hydrogens (tertiary/aromatic N) is 1. The molecule has 98 valence electrons. The molecule has 0 aliphatic heterocycles. The molecular weight excluding hydrogens is 332 g/mol. The third kappa shape index (κ3) is 3.68. The number of hydrogen-bond acceptors (Lipinski definition) is 4. The molecule has 0 unspecified atom stereocenters. The molecule has 2 N–H and O–H groups in total. The van der Waals surface area contributed by atoms with Crippen molar-refractivity contribution in [1.29, 1.82) is 0 Å². The van der Waals surface area contributed by atoms with Crippen molar-refractivity contribution in [2.45, 2.75) is 16.3 Å². The van der Waals surface area contributed by atoms with Gasteiger partial charge in [0, 0.05) is 4.90 Å². The highest BCUT2D eigenvalue weighted by molar-refractivity contribution is 9.10. The van der Waals surface area contributed by atoms with Gasteiger partial charge < -0.3 is 10.1 Å². The van der Waals surface area contributed by atoms with Gasteiger partial charge in [-0.25, -0.2) is 4.98 Å². The van der Waals surface area contributed by atoms with E-state index in [1.54, 1.807) is 24.3 Å². The minimum Gasteiger partial charge on any atom is -0.481 e. The molecule has 1 aromatic carbocycles. The van der Waals surface area contributed by atoms with Gasteiger partial charge in [0.25, 0.3) is 5.56 Å². The average molecular weight is 341 g/mol. The lowest BCUT2D eigenvalue weighted by Crippen LogP contribution is -2.07. The van der Waals surface area contributed by atoms with E-state index in [0.717, 1.165) is 10.5 Å². The van der Waals surface area contributed by atoms with Crippen molar-refractivity contribution in [2.24, 2.45) is 0 Å². The smallest absolute Gasteiger partial charge is 0.307 e. The molecule has 2 rings (SSSR count). The summed E-state index contributed by atoms with van der Waals surface area (Å²) in [7, 11) is 0. The van der Waals surface area contributed by atoms with Gasteiger partial charge in [0.15, 0.2) is 0 Å². The molecule has 0 fully saturated rings. The highest BCUT2D eigenvalue weighted by atomic mass is 79.9. The van der Waals surface area contributed by atoms with Gasteiger partial charge in [0.2, 0.25) is 0 Å². The van der Waals surface area contributed by atoms with Crippen molar-refractivity contribution in [3.63, 3.8) is 0 Å². The van der Waals surface area contributed by atoms with Gasteiger partial charge in [-0.1, -0.05) is 23.9 Å². The lowest BCUT2D eigenvalue weighted by molar-refractivity contribution is -0.136. The number of carbonyl (C=O) groups is 1. The summed E-state index contributed by atoms with van der Waals surface area (Å²) in [5.41, 5.74) is 0.495. The molecule has 0 aliphatic carbocycles. The van der Waals surface area contributed by atoms with E-state index in [0.29, 0.717) is 9.50 Å². The number of aromatic amines is 1. The van der Waals surface area contributed by atoms with E-state index < -0.39 is 5.97 Å². The molecule has 0 amide bonds. The summed E-state index contributed by atoms with van der Waals surface area (Å²) in [6.45, 7) is 0. The number of carboxylic acids is 1. The lowest BCUT2D eigenvalue weighted by atomic mass is 10.2. The van der Waals surface area contributed by atoms with Crippen molar-refractivity contribution >= 4 is 33.7 Å². The number of H-pyrrole nitrogens is 1. The monoisotopic (exact) mass is 340 g/mol. The van der Waals surface area contributed by atoms with Gasteiger partial charge in [-0.05, 0) is 33.6 Å². The highest BCUT2D eigenvalue weighted by Gasteiger charge is 2.07. The second-order valence-corrected chi connectivity index (χ2v) is 5.52. The fourth-order valence-corrected chi connectivity index (χ4v) is 2.64. The van der Waals surface area contributed by atoms with Gasteiger partial charge in [-0.2, -0.15) is 0 Å². The van der Waals surface area contributed by atoms with Crippen LogP contribution < -0.4 is 5.56 Å². The van der Waals surface area contributed by atoms with Crippen LogP contribution in [-0.2, 0) is 11.2 Å². The molecule has 0 saturated heterocycles. The maximum Gasteiger partial charge on any atom is 0.307 e. The summed E-state index contributed by atoms with van der Waals surface area (Å²) in [5, 5.41) is 9.24. The van der Waals surface area contributed by atoms with Crippen molar-refractivity contribution in [2.75, 3.05) is 0 Å². The molecule has 7 heteroatoms.